The first-order valence-electron chi connectivity index (χ1n) is 9.75. The van der Waals surface area contributed by atoms with Gasteiger partial charge in [-0.15, -0.1) is 0 Å². The maximum Gasteiger partial charge on any atom is 0.329 e. The van der Waals surface area contributed by atoms with Crippen molar-refractivity contribution in [3.63, 3.8) is 0 Å². The molecule has 156 valence electrons. The summed E-state index contributed by atoms with van der Waals surface area (Å²) in [4.78, 5) is 41.8. The molecule has 1 atom stereocenters. The number of hydrogen-bond acceptors (Lipinski definition) is 6. The first kappa shape index (κ1) is 19.8. The lowest BCUT2D eigenvalue weighted by molar-refractivity contribution is -0.175. The summed E-state index contributed by atoms with van der Waals surface area (Å²) in [5.41, 5.74) is 0.363. The van der Waals surface area contributed by atoms with Gasteiger partial charge in [0.25, 0.3) is 5.91 Å². The first-order valence-corrected chi connectivity index (χ1v) is 9.75. The minimum Gasteiger partial charge on any atom is -0.480 e. The van der Waals surface area contributed by atoms with Crippen molar-refractivity contribution in [3.8, 4) is 0 Å². The van der Waals surface area contributed by atoms with Crippen molar-refractivity contribution < 1.29 is 29.0 Å². The van der Waals surface area contributed by atoms with E-state index in [0.717, 1.165) is 6.54 Å². The molecular formula is C20H25N3O6. The fourth-order valence-electron chi connectivity index (χ4n) is 4.55. The fourth-order valence-corrected chi connectivity index (χ4v) is 4.55. The molecule has 0 bridgehead atoms. The van der Waals surface area contributed by atoms with Crippen LogP contribution < -0.4 is 0 Å². The Bertz CT molecular complexity index is 780. The van der Waals surface area contributed by atoms with Crippen LogP contribution in [-0.2, 0) is 19.1 Å². The van der Waals surface area contributed by atoms with Crippen LogP contribution in [0.15, 0.2) is 30.3 Å². The van der Waals surface area contributed by atoms with Crippen molar-refractivity contribution in [2.45, 2.75) is 11.6 Å². The molecule has 1 aromatic rings. The summed E-state index contributed by atoms with van der Waals surface area (Å²) in [6.07, 6.45) is 0. The molecule has 9 heteroatoms. The van der Waals surface area contributed by atoms with Crippen molar-refractivity contribution in [3.05, 3.63) is 35.9 Å². The molecule has 3 heterocycles. The lowest BCUT2D eigenvalue weighted by Gasteiger charge is -2.63. The van der Waals surface area contributed by atoms with Gasteiger partial charge in [0.15, 0.2) is 0 Å². The molecule has 4 rings (SSSR count). The Balaban J connectivity index is 1.44. The SMILES string of the molecule is O=C(O)COCC(=O)N1CC2(C1)CN(C(=O)c1ccccc1)CC1COCCN12. The molecule has 1 unspecified atom stereocenters. The second-order valence-electron chi connectivity index (χ2n) is 7.83. The molecule has 1 spiro atoms. The third-order valence-electron chi connectivity index (χ3n) is 5.84. The number of morpholine rings is 1. The highest BCUT2D eigenvalue weighted by molar-refractivity contribution is 5.94. The van der Waals surface area contributed by atoms with E-state index in [1.165, 1.54) is 0 Å². The largest absolute Gasteiger partial charge is 0.480 e. The molecular weight excluding hydrogens is 378 g/mol. The summed E-state index contributed by atoms with van der Waals surface area (Å²) in [5, 5.41) is 8.63. The van der Waals surface area contributed by atoms with Crippen molar-refractivity contribution in [2.24, 2.45) is 0 Å². The molecule has 3 aliphatic rings. The van der Waals surface area contributed by atoms with E-state index in [-0.39, 0.29) is 30.0 Å². The molecule has 1 N–H and O–H groups in total. The zero-order valence-corrected chi connectivity index (χ0v) is 16.2. The second-order valence-corrected chi connectivity index (χ2v) is 7.83. The topological polar surface area (TPSA) is 99.6 Å². The summed E-state index contributed by atoms with van der Waals surface area (Å²) >= 11 is 0. The van der Waals surface area contributed by atoms with Gasteiger partial charge in [-0.25, -0.2) is 4.79 Å². The average Bonchev–Trinajstić information content (AvgIpc) is 2.71. The molecule has 3 saturated heterocycles. The van der Waals surface area contributed by atoms with Crippen molar-refractivity contribution in [1.29, 1.82) is 0 Å². The van der Waals surface area contributed by atoms with Crippen LogP contribution in [-0.4, -0.2) is 108 Å². The number of carbonyl (C=O) groups excluding carboxylic acids is 2. The molecule has 0 saturated carbocycles. The number of rotatable bonds is 5. The molecule has 0 aromatic heterocycles. The van der Waals surface area contributed by atoms with Gasteiger partial charge in [-0.2, -0.15) is 0 Å². The number of piperazine rings is 1. The highest BCUT2D eigenvalue weighted by atomic mass is 16.5. The van der Waals surface area contributed by atoms with E-state index in [0.29, 0.717) is 45.0 Å². The quantitative estimate of drug-likeness (QED) is 0.709. The summed E-state index contributed by atoms with van der Waals surface area (Å²) in [7, 11) is 0. The van der Waals surface area contributed by atoms with Crippen LogP contribution in [0.1, 0.15) is 10.4 Å². The summed E-state index contributed by atoms with van der Waals surface area (Å²) in [5.74, 6) is -1.34. The van der Waals surface area contributed by atoms with E-state index in [9.17, 15) is 14.4 Å². The van der Waals surface area contributed by atoms with Gasteiger partial charge in [-0.3, -0.25) is 14.5 Å². The maximum atomic E-state index is 13.0. The number of ether oxygens (including phenoxy) is 2. The molecule has 2 amide bonds. The minimum atomic E-state index is -1.10. The molecule has 29 heavy (non-hydrogen) atoms. The van der Waals surface area contributed by atoms with Crippen LogP contribution in [0.4, 0.5) is 0 Å². The van der Waals surface area contributed by atoms with E-state index in [1.807, 2.05) is 35.2 Å². The highest BCUT2D eigenvalue weighted by Crippen LogP contribution is 2.36. The Morgan fingerprint density at radius 1 is 1.10 bits per heavy atom. The van der Waals surface area contributed by atoms with Gasteiger partial charge in [0.2, 0.25) is 5.91 Å². The third-order valence-corrected chi connectivity index (χ3v) is 5.84. The van der Waals surface area contributed by atoms with Crippen LogP contribution in [0, 0.1) is 0 Å². The highest BCUT2D eigenvalue weighted by Gasteiger charge is 2.56. The second kappa shape index (κ2) is 8.10. The van der Waals surface area contributed by atoms with Crippen molar-refractivity contribution in [1.82, 2.24) is 14.7 Å². The van der Waals surface area contributed by atoms with Gasteiger partial charge in [-0.1, -0.05) is 18.2 Å². The molecule has 3 fully saturated rings. The standard InChI is InChI=1S/C20H25N3O6/c24-17(10-29-11-18(25)26)22-13-20(14-22)12-21(8-16-9-28-7-6-23(16)20)19(27)15-4-2-1-3-5-15/h1-5,16H,6-14H2,(H,25,26). The lowest BCUT2D eigenvalue weighted by atomic mass is 9.82. The Morgan fingerprint density at radius 3 is 2.55 bits per heavy atom. The molecule has 0 radical (unpaired) electrons. The monoisotopic (exact) mass is 403 g/mol. The van der Waals surface area contributed by atoms with Crippen LogP contribution in [0.3, 0.4) is 0 Å². The third kappa shape index (κ3) is 3.98. The number of carboxylic acid groups (broad SMARTS) is 1. The number of carboxylic acids is 1. The molecule has 3 aliphatic heterocycles. The van der Waals surface area contributed by atoms with E-state index < -0.39 is 12.6 Å². The normalized spacial score (nSPS) is 23.4. The van der Waals surface area contributed by atoms with Gasteiger partial charge in [0, 0.05) is 38.3 Å². The van der Waals surface area contributed by atoms with Gasteiger partial charge < -0.3 is 24.4 Å². The molecule has 9 nitrogen and oxygen atoms in total. The average molecular weight is 403 g/mol. The summed E-state index contributed by atoms with van der Waals surface area (Å²) < 4.78 is 10.6. The van der Waals surface area contributed by atoms with Gasteiger partial charge in [0.05, 0.1) is 24.8 Å². The summed E-state index contributed by atoms with van der Waals surface area (Å²) in [6.45, 7) is 3.39. The van der Waals surface area contributed by atoms with Crippen LogP contribution in [0.2, 0.25) is 0 Å². The number of hydrogen-bond donors (Lipinski definition) is 1. The summed E-state index contributed by atoms with van der Waals surface area (Å²) in [6, 6.07) is 9.32. The first-order chi connectivity index (χ1) is 14.0. The zero-order valence-electron chi connectivity index (χ0n) is 16.2. The van der Waals surface area contributed by atoms with Gasteiger partial charge in [-0.05, 0) is 12.1 Å². The molecule has 0 aliphatic carbocycles. The number of aliphatic carboxylic acids is 1. The lowest BCUT2D eigenvalue weighted by Crippen LogP contribution is -2.81. The number of likely N-dealkylation sites (tertiary alicyclic amines) is 1. The number of benzene rings is 1. The predicted octanol–water partition coefficient (Wildman–Crippen LogP) is -0.475. The van der Waals surface area contributed by atoms with E-state index in [4.69, 9.17) is 14.6 Å². The Hall–Kier alpha value is -2.49. The Morgan fingerprint density at radius 2 is 1.83 bits per heavy atom. The number of amides is 2. The number of carbonyl (C=O) groups is 3. The van der Waals surface area contributed by atoms with Crippen LogP contribution >= 0.6 is 0 Å². The van der Waals surface area contributed by atoms with Gasteiger partial charge >= 0.3 is 5.97 Å². The van der Waals surface area contributed by atoms with Crippen LogP contribution in [0.25, 0.3) is 0 Å². The number of nitrogens with zero attached hydrogens (tertiary/aromatic N) is 3. The molecule has 1 aromatic carbocycles. The zero-order chi connectivity index (χ0) is 20.4. The Kier molecular flexibility index (Phi) is 5.53. The van der Waals surface area contributed by atoms with Crippen molar-refractivity contribution in [2.75, 3.05) is 59.2 Å². The van der Waals surface area contributed by atoms with Gasteiger partial charge in [0.1, 0.15) is 13.2 Å². The minimum absolute atomic E-state index is 0.00948. The Labute approximate surface area is 168 Å². The number of fused-ring (bicyclic) bond motifs is 2. The fraction of sp³-hybridized carbons (Fsp3) is 0.550. The predicted molar refractivity (Wildman–Crippen MR) is 101 cm³/mol. The van der Waals surface area contributed by atoms with Crippen LogP contribution in [0.5, 0.6) is 0 Å². The van der Waals surface area contributed by atoms with E-state index in [2.05, 4.69) is 4.90 Å². The van der Waals surface area contributed by atoms with E-state index >= 15 is 0 Å². The maximum absolute atomic E-state index is 13.0. The van der Waals surface area contributed by atoms with Crippen molar-refractivity contribution >= 4 is 17.8 Å². The smallest absolute Gasteiger partial charge is 0.329 e. The van der Waals surface area contributed by atoms with E-state index in [1.54, 1.807) is 4.90 Å².